The Morgan fingerprint density at radius 1 is 1.11 bits per heavy atom. The molecule has 0 amide bonds. The van der Waals surface area contributed by atoms with Gasteiger partial charge in [-0.15, -0.1) is 0 Å². The summed E-state index contributed by atoms with van der Waals surface area (Å²) in [4.78, 5) is 23.7. The summed E-state index contributed by atoms with van der Waals surface area (Å²) < 4.78 is 5.26. The van der Waals surface area contributed by atoms with Crippen molar-refractivity contribution in [1.82, 2.24) is 0 Å². The molecule has 1 aromatic rings. The Hall–Kier alpha value is -1.90. The van der Waals surface area contributed by atoms with Crippen LogP contribution in [0.15, 0.2) is 30.8 Å². The largest absolute Gasteiger partial charge is 0.456 e. The predicted octanol–water partition coefficient (Wildman–Crippen LogP) is 3.39. The molecular formula is C16H18O3. The number of hydrogen-bond donors (Lipinski definition) is 0. The van der Waals surface area contributed by atoms with Gasteiger partial charge in [-0.1, -0.05) is 43.3 Å². The maximum atomic E-state index is 11.9. The van der Waals surface area contributed by atoms with Gasteiger partial charge in [0.25, 0.3) is 5.78 Å². The summed E-state index contributed by atoms with van der Waals surface area (Å²) in [5.74, 6) is -1.31. The number of carbonyl (C=O) groups excluding carboxylic acids is 2. The van der Waals surface area contributed by atoms with Crippen LogP contribution in [0.5, 0.6) is 0 Å². The minimum absolute atomic E-state index is 0.0855. The van der Waals surface area contributed by atoms with E-state index in [1.54, 1.807) is 30.3 Å². The molecular weight excluding hydrogens is 240 g/mol. The Balaban J connectivity index is 1.97. The highest BCUT2D eigenvalue weighted by molar-refractivity contribution is 6.40. The Morgan fingerprint density at radius 3 is 2.32 bits per heavy atom. The summed E-state index contributed by atoms with van der Waals surface area (Å²) in [6.45, 7) is 3.64. The predicted molar refractivity (Wildman–Crippen MR) is 73.8 cm³/mol. The van der Waals surface area contributed by atoms with E-state index in [1.165, 1.54) is 6.42 Å². The molecule has 3 nitrogen and oxygen atoms in total. The number of rotatable bonds is 4. The standard InChI is InChI=1S/C16H18O3/c1-2-12-8-10-13(11-9-12)15(17)16(18)19-14-6-4-3-5-7-14/h2,8-11,14H,1,3-7H2. The molecule has 0 spiro atoms. The number of ether oxygens (including phenoxy) is 1. The third-order valence-corrected chi connectivity index (χ3v) is 3.42. The summed E-state index contributed by atoms with van der Waals surface area (Å²) >= 11 is 0. The molecule has 3 heteroatoms. The van der Waals surface area contributed by atoms with Gasteiger partial charge in [0.05, 0.1) is 0 Å². The molecule has 0 aliphatic heterocycles. The highest BCUT2D eigenvalue weighted by atomic mass is 16.5. The first-order valence-electron chi connectivity index (χ1n) is 6.68. The first-order valence-corrected chi connectivity index (χ1v) is 6.68. The van der Waals surface area contributed by atoms with Crippen LogP contribution in [0.2, 0.25) is 0 Å². The van der Waals surface area contributed by atoms with Crippen LogP contribution < -0.4 is 0 Å². The molecule has 1 saturated carbocycles. The van der Waals surface area contributed by atoms with Crippen molar-refractivity contribution in [2.75, 3.05) is 0 Å². The fourth-order valence-corrected chi connectivity index (χ4v) is 2.28. The van der Waals surface area contributed by atoms with E-state index in [-0.39, 0.29) is 6.10 Å². The first-order chi connectivity index (χ1) is 9.20. The van der Waals surface area contributed by atoms with Gasteiger partial charge in [0.1, 0.15) is 6.10 Å². The number of ketones is 1. The molecule has 0 bridgehead atoms. The number of benzene rings is 1. The summed E-state index contributed by atoms with van der Waals surface area (Å²) in [5.41, 5.74) is 1.28. The van der Waals surface area contributed by atoms with E-state index in [0.29, 0.717) is 5.56 Å². The highest BCUT2D eigenvalue weighted by Gasteiger charge is 2.23. The molecule has 1 fully saturated rings. The third kappa shape index (κ3) is 3.53. The van der Waals surface area contributed by atoms with Gasteiger partial charge in [0.15, 0.2) is 0 Å². The van der Waals surface area contributed by atoms with Crippen molar-refractivity contribution >= 4 is 17.8 Å². The van der Waals surface area contributed by atoms with Crippen LogP contribution in [0.3, 0.4) is 0 Å². The quantitative estimate of drug-likeness (QED) is 0.472. The molecule has 1 aliphatic rings. The van der Waals surface area contributed by atoms with E-state index in [0.717, 1.165) is 31.2 Å². The molecule has 100 valence electrons. The second-order valence-corrected chi connectivity index (χ2v) is 4.82. The zero-order valence-corrected chi connectivity index (χ0v) is 10.9. The molecule has 0 aromatic heterocycles. The van der Waals surface area contributed by atoms with E-state index in [2.05, 4.69) is 6.58 Å². The number of carbonyl (C=O) groups is 2. The highest BCUT2D eigenvalue weighted by Crippen LogP contribution is 2.20. The van der Waals surface area contributed by atoms with E-state index in [9.17, 15) is 9.59 Å². The van der Waals surface area contributed by atoms with E-state index in [1.807, 2.05) is 0 Å². The Bertz CT molecular complexity index is 467. The summed E-state index contributed by atoms with van der Waals surface area (Å²) in [5, 5.41) is 0. The lowest BCUT2D eigenvalue weighted by Gasteiger charge is -2.21. The Labute approximate surface area is 113 Å². The second kappa shape index (κ2) is 6.32. The van der Waals surface area contributed by atoms with Crippen LogP contribution >= 0.6 is 0 Å². The monoisotopic (exact) mass is 258 g/mol. The smallest absolute Gasteiger partial charge is 0.379 e. The minimum Gasteiger partial charge on any atom is -0.456 e. The van der Waals surface area contributed by atoms with Gasteiger partial charge in [-0.25, -0.2) is 4.79 Å². The molecule has 1 aromatic carbocycles. The first kappa shape index (κ1) is 13.5. The normalized spacial score (nSPS) is 15.8. The van der Waals surface area contributed by atoms with Crippen molar-refractivity contribution in [2.24, 2.45) is 0 Å². The zero-order valence-electron chi connectivity index (χ0n) is 10.9. The van der Waals surface area contributed by atoms with Crippen molar-refractivity contribution in [1.29, 1.82) is 0 Å². The summed E-state index contributed by atoms with van der Waals surface area (Å²) in [6.07, 6.45) is 6.67. The molecule has 0 heterocycles. The van der Waals surface area contributed by atoms with Crippen LogP contribution in [0, 0.1) is 0 Å². The SMILES string of the molecule is C=Cc1ccc(C(=O)C(=O)OC2CCCCC2)cc1. The summed E-state index contributed by atoms with van der Waals surface area (Å²) in [6, 6.07) is 6.77. The van der Waals surface area contributed by atoms with Crippen LogP contribution in [-0.4, -0.2) is 17.9 Å². The van der Waals surface area contributed by atoms with Crippen LogP contribution in [0.4, 0.5) is 0 Å². The van der Waals surface area contributed by atoms with Gasteiger partial charge >= 0.3 is 5.97 Å². The molecule has 0 unspecified atom stereocenters. The maximum absolute atomic E-state index is 11.9. The fraction of sp³-hybridized carbons (Fsp3) is 0.375. The lowest BCUT2D eigenvalue weighted by molar-refractivity contribution is -0.144. The van der Waals surface area contributed by atoms with Gasteiger partial charge in [0, 0.05) is 5.56 Å². The molecule has 1 aliphatic carbocycles. The second-order valence-electron chi connectivity index (χ2n) is 4.82. The van der Waals surface area contributed by atoms with Gasteiger partial charge in [-0.2, -0.15) is 0 Å². The van der Waals surface area contributed by atoms with E-state index in [4.69, 9.17) is 4.74 Å². The minimum atomic E-state index is -0.738. The lowest BCUT2D eigenvalue weighted by atomic mass is 9.98. The molecule has 19 heavy (non-hydrogen) atoms. The molecule has 0 radical (unpaired) electrons. The average Bonchev–Trinajstić information content (AvgIpc) is 2.47. The molecule has 0 saturated heterocycles. The van der Waals surface area contributed by atoms with Crippen LogP contribution in [0.25, 0.3) is 6.08 Å². The number of hydrogen-bond acceptors (Lipinski definition) is 3. The average molecular weight is 258 g/mol. The summed E-state index contributed by atoms with van der Waals surface area (Å²) in [7, 11) is 0. The molecule has 2 rings (SSSR count). The van der Waals surface area contributed by atoms with Crippen LogP contribution in [0.1, 0.15) is 48.0 Å². The molecule has 0 N–H and O–H groups in total. The van der Waals surface area contributed by atoms with Crippen molar-refractivity contribution in [2.45, 2.75) is 38.2 Å². The van der Waals surface area contributed by atoms with Crippen molar-refractivity contribution in [3.63, 3.8) is 0 Å². The van der Waals surface area contributed by atoms with Gasteiger partial charge in [-0.05, 0) is 31.2 Å². The van der Waals surface area contributed by atoms with Crippen molar-refractivity contribution < 1.29 is 14.3 Å². The van der Waals surface area contributed by atoms with Gasteiger partial charge < -0.3 is 4.74 Å². The Morgan fingerprint density at radius 2 is 1.74 bits per heavy atom. The maximum Gasteiger partial charge on any atom is 0.379 e. The van der Waals surface area contributed by atoms with Crippen LogP contribution in [-0.2, 0) is 9.53 Å². The zero-order chi connectivity index (χ0) is 13.7. The number of esters is 1. The van der Waals surface area contributed by atoms with Crippen molar-refractivity contribution in [3.8, 4) is 0 Å². The lowest BCUT2D eigenvalue weighted by Crippen LogP contribution is -2.26. The number of Topliss-reactive ketones (excluding diaryl/α,β-unsaturated/α-hetero) is 1. The fourth-order valence-electron chi connectivity index (χ4n) is 2.28. The van der Waals surface area contributed by atoms with Gasteiger partial charge in [-0.3, -0.25) is 4.79 Å². The Kier molecular flexibility index (Phi) is 4.50. The molecule has 0 atom stereocenters. The topological polar surface area (TPSA) is 43.4 Å². The van der Waals surface area contributed by atoms with E-state index >= 15 is 0 Å². The van der Waals surface area contributed by atoms with Gasteiger partial charge in [0.2, 0.25) is 0 Å². The van der Waals surface area contributed by atoms with Crippen molar-refractivity contribution in [3.05, 3.63) is 42.0 Å². The van der Waals surface area contributed by atoms with E-state index < -0.39 is 11.8 Å². The third-order valence-electron chi connectivity index (χ3n) is 3.42.